The Kier molecular flexibility index (Phi) is 8.94. The van der Waals surface area contributed by atoms with Gasteiger partial charge in [0, 0.05) is 49.0 Å². The van der Waals surface area contributed by atoms with Gasteiger partial charge in [-0.25, -0.2) is 8.78 Å². The molecule has 7 rings (SSSR count). The summed E-state index contributed by atoms with van der Waals surface area (Å²) in [5.41, 5.74) is 2.00. The molecule has 10 heteroatoms. The summed E-state index contributed by atoms with van der Waals surface area (Å²) in [5, 5.41) is 16.1. The van der Waals surface area contributed by atoms with Crippen LogP contribution in [0.25, 0.3) is 28.8 Å². The SMILES string of the molecule is CCc1cccc2cc(O)cc(/C(C)=C(F)/C=c3/c(N4CC5CCC(C4)N5)nc(OCCCN4C5CCC4COC5)n/c3=C\F)c12. The van der Waals surface area contributed by atoms with Gasteiger partial charge in [0.25, 0.3) is 0 Å². The first-order valence-electron chi connectivity index (χ1n) is 16.7. The molecule has 1 aromatic heterocycles. The number of rotatable bonds is 9. The van der Waals surface area contributed by atoms with Gasteiger partial charge in [0.1, 0.15) is 29.1 Å². The number of aromatic nitrogens is 2. The fourth-order valence-electron chi connectivity index (χ4n) is 7.88. The smallest absolute Gasteiger partial charge is 0.319 e. The van der Waals surface area contributed by atoms with Crippen molar-refractivity contribution >= 4 is 34.6 Å². The monoisotopic (exact) mass is 631 g/mol. The van der Waals surface area contributed by atoms with E-state index in [1.807, 2.05) is 18.2 Å². The maximum atomic E-state index is 16.4. The van der Waals surface area contributed by atoms with E-state index in [-0.39, 0.29) is 22.3 Å². The van der Waals surface area contributed by atoms with Gasteiger partial charge in [0.05, 0.1) is 19.8 Å². The maximum Gasteiger partial charge on any atom is 0.319 e. The highest BCUT2D eigenvalue weighted by atomic mass is 19.1. The summed E-state index contributed by atoms with van der Waals surface area (Å²) in [4.78, 5) is 13.8. The molecular formula is C36H43F2N5O3. The predicted octanol–water partition coefficient (Wildman–Crippen LogP) is 4.36. The lowest BCUT2D eigenvalue weighted by Gasteiger charge is -2.34. The van der Waals surface area contributed by atoms with Crippen molar-refractivity contribution < 1.29 is 23.4 Å². The second-order valence-electron chi connectivity index (χ2n) is 13.1. The zero-order valence-corrected chi connectivity index (χ0v) is 26.6. The van der Waals surface area contributed by atoms with Crippen molar-refractivity contribution in [1.82, 2.24) is 20.2 Å². The summed E-state index contributed by atoms with van der Waals surface area (Å²) in [7, 11) is 0. The van der Waals surface area contributed by atoms with E-state index in [1.165, 1.54) is 18.9 Å². The molecule has 0 amide bonds. The minimum Gasteiger partial charge on any atom is -0.508 e. The van der Waals surface area contributed by atoms with Crippen LogP contribution in [0.2, 0.25) is 0 Å². The number of benzene rings is 2. The highest BCUT2D eigenvalue weighted by Crippen LogP contribution is 2.34. The third-order valence-corrected chi connectivity index (χ3v) is 10.2. The summed E-state index contributed by atoms with van der Waals surface area (Å²) < 4.78 is 42.7. The minimum absolute atomic E-state index is 0.0185. The molecule has 0 aliphatic carbocycles. The van der Waals surface area contributed by atoms with Gasteiger partial charge in [-0.3, -0.25) is 4.90 Å². The number of aryl methyl sites for hydroxylation is 1. The van der Waals surface area contributed by atoms with Crippen molar-refractivity contribution in [2.24, 2.45) is 0 Å². The lowest BCUT2D eigenvalue weighted by Crippen LogP contribution is -2.53. The number of piperazine rings is 1. The van der Waals surface area contributed by atoms with Crippen LogP contribution in [0.5, 0.6) is 11.8 Å². The average Bonchev–Trinajstić information content (AvgIpc) is 3.51. The van der Waals surface area contributed by atoms with Crippen LogP contribution in [0.15, 0.2) is 36.2 Å². The molecule has 244 valence electrons. The van der Waals surface area contributed by atoms with E-state index in [1.54, 1.807) is 19.1 Å². The van der Waals surface area contributed by atoms with Crippen LogP contribution in [0, 0.1) is 0 Å². The molecule has 4 atom stereocenters. The Bertz CT molecular complexity index is 1740. The molecule has 5 heterocycles. The fraction of sp³-hybridized carbons (Fsp3) is 0.500. The maximum absolute atomic E-state index is 16.4. The number of fused-ring (bicyclic) bond motifs is 5. The summed E-state index contributed by atoms with van der Waals surface area (Å²) in [6.07, 6.45) is 7.74. The standard InChI is InChI=1S/C36H43F2N5O3/c1-3-23-6-4-7-24-14-29(44)15-30(34(23)24)22(2)32(38)16-31-33(17-37)40-36(41-35(31)42-18-25-8-9-26(19-42)39-25)46-13-5-12-43-27-10-11-28(43)21-45-20-27/h4,6-7,14-17,25-28,39,44H,3,5,8-13,18-21H2,1-2H3/b31-16+,32-22-,33-17-. The lowest BCUT2D eigenvalue weighted by molar-refractivity contribution is -0.0161. The number of allylic oxidation sites excluding steroid dienone is 2. The Balaban J connectivity index is 1.24. The van der Waals surface area contributed by atoms with Crippen molar-refractivity contribution in [1.29, 1.82) is 0 Å². The van der Waals surface area contributed by atoms with Crippen LogP contribution < -0.4 is 25.5 Å². The normalized spacial score (nSPS) is 25.9. The van der Waals surface area contributed by atoms with Crippen molar-refractivity contribution in [3.8, 4) is 11.8 Å². The third-order valence-electron chi connectivity index (χ3n) is 10.2. The number of phenolic OH excluding ortho intramolecular Hbond substituents is 1. The third kappa shape index (κ3) is 6.10. The highest BCUT2D eigenvalue weighted by molar-refractivity contribution is 5.98. The number of morpholine rings is 1. The van der Waals surface area contributed by atoms with Gasteiger partial charge in [0.2, 0.25) is 0 Å². The summed E-state index contributed by atoms with van der Waals surface area (Å²) >= 11 is 0. The number of halogens is 2. The first-order valence-corrected chi connectivity index (χ1v) is 16.7. The number of hydrogen-bond acceptors (Lipinski definition) is 8. The molecule has 3 aromatic rings. The number of phenols is 1. The van der Waals surface area contributed by atoms with Crippen LogP contribution >= 0.6 is 0 Å². The van der Waals surface area contributed by atoms with Crippen molar-refractivity contribution in [2.45, 2.75) is 76.5 Å². The first kappa shape index (κ1) is 31.0. The first-order chi connectivity index (χ1) is 22.4. The second-order valence-corrected chi connectivity index (χ2v) is 13.1. The van der Waals surface area contributed by atoms with E-state index < -0.39 is 5.83 Å². The van der Waals surface area contributed by atoms with Gasteiger partial charge < -0.3 is 24.8 Å². The topological polar surface area (TPSA) is 83.0 Å². The van der Waals surface area contributed by atoms with Gasteiger partial charge in [-0.05, 0) is 91.1 Å². The van der Waals surface area contributed by atoms with Crippen LogP contribution in [-0.2, 0) is 11.2 Å². The molecule has 4 unspecified atom stereocenters. The molecule has 2 N–H and O–H groups in total. The zero-order chi connectivity index (χ0) is 31.8. The van der Waals surface area contributed by atoms with E-state index in [4.69, 9.17) is 14.5 Å². The van der Waals surface area contributed by atoms with Gasteiger partial charge in [-0.1, -0.05) is 25.1 Å². The number of anilines is 1. The average molecular weight is 632 g/mol. The zero-order valence-electron chi connectivity index (χ0n) is 26.6. The molecule has 0 radical (unpaired) electrons. The van der Waals surface area contributed by atoms with Crippen LogP contribution in [0.4, 0.5) is 14.6 Å². The minimum atomic E-state index is -0.544. The van der Waals surface area contributed by atoms with Crippen LogP contribution in [-0.4, -0.2) is 83.6 Å². The van der Waals surface area contributed by atoms with E-state index in [0.29, 0.717) is 67.1 Å². The van der Waals surface area contributed by atoms with Gasteiger partial charge in [-0.2, -0.15) is 9.97 Å². The number of ether oxygens (including phenoxy) is 2. The molecule has 46 heavy (non-hydrogen) atoms. The molecule has 4 aliphatic heterocycles. The Morgan fingerprint density at radius 3 is 2.59 bits per heavy atom. The van der Waals surface area contributed by atoms with Gasteiger partial charge in [-0.15, -0.1) is 0 Å². The van der Waals surface area contributed by atoms with Crippen molar-refractivity contribution in [3.05, 3.63) is 57.9 Å². The quantitative estimate of drug-likeness (QED) is 0.338. The van der Waals surface area contributed by atoms with Crippen molar-refractivity contribution in [3.63, 3.8) is 0 Å². The summed E-state index contributed by atoms with van der Waals surface area (Å²) in [6, 6.07) is 10.8. The second kappa shape index (κ2) is 13.3. The molecule has 4 aliphatic rings. The molecular weight excluding hydrogens is 588 g/mol. The fourth-order valence-corrected chi connectivity index (χ4v) is 7.88. The molecule has 4 bridgehead atoms. The Labute approximate surface area is 268 Å². The Morgan fingerprint density at radius 2 is 1.87 bits per heavy atom. The number of nitrogens with zero attached hydrogens (tertiary/aromatic N) is 4. The molecule has 4 saturated heterocycles. The number of nitrogens with one attached hydrogen (secondary N) is 1. The van der Waals surface area contributed by atoms with E-state index in [9.17, 15) is 9.50 Å². The van der Waals surface area contributed by atoms with Gasteiger partial charge in [0.15, 0.2) is 0 Å². The van der Waals surface area contributed by atoms with E-state index >= 15 is 4.39 Å². The van der Waals surface area contributed by atoms with Crippen molar-refractivity contribution in [2.75, 3.05) is 44.4 Å². The summed E-state index contributed by atoms with van der Waals surface area (Å²) in [6.45, 7) is 7.98. The van der Waals surface area contributed by atoms with Crippen LogP contribution in [0.3, 0.4) is 0 Å². The Morgan fingerprint density at radius 1 is 1.11 bits per heavy atom. The number of aromatic hydroxyl groups is 1. The number of hydrogen-bond donors (Lipinski definition) is 2. The highest BCUT2D eigenvalue weighted by Gasteiger charge is 2.37. The van der Waals surface area contributed by atoms with E-state index in [2.05, 4.69) is 27.0 Å². The van der Waals surface area contributed by atoms with E-state index in [0.717, 1.165) is 61.8 Å². The lowest BCUT2D eigenvalue weighted by atomic mass is 9.93. The predicted molar refractivity (Wildman–Crippen MR) is 177 cm³/mol. The van der Waals surface area contributed by atoms with Crippen LogP contribution in [0.1, 0.15) is 57.1 Å². The summed E-state index contributed by atoms with van der Waals surface area (Å²) in [5.74, 6) is -0.0158. The largest absolute Gasteiger partial charge is 0.508 e. The molecule has 0 saturated carbocycles. The Hall–Kier alpha value is -3.60. The molecule has 8 nitrogen and oxygen atoms in total. The molecule has 0 spiro atoms. The molecule has 2 aromatic carbocycles. The molecule has 4 fully saturated rings. The van der Waals surface area contributed by atoms with Gasteiger partial charge >= 0.3 is 6.01 Å².